The molecule has 1 unspecified atom stereocenters. The van der Waals surface area contributed by atoms with Gasteiger partial charge in [0.1, 0.15) is 0 Å². The summed E-state index contributed by atoms with van der Waals surface area (Å²) in [7, 11) is 1.81. The summed E-state index contributed by atoms with van der Waals surface area (Å²) in [5.74, 6) is 2.44. The highest BCUT2D eigenvalue weighted by atomic mass is 16.7. The molecule has 2 N–H and O–H groups in total. The highest BCUT2D eigenvalue weighted by Crippen LogP contribution is 2.32. The molecule has 2 heterocycles. The van der Waals surface area contributed by atoms with Crippen LogP contribution in [0.2, 0.25) is 0 Å². The standard InChI is InChI=1S/C21H26N4O2/c1-15-3-6-18(7-4-15)25-10-9-17(13-25)24-21(22-2)23-12-16-5-8-19-20(11-16)27-14-26-19/h3-8,11,17H,9-10,12-14H2,1-2H3,(H2,22,23,24). The van der Waals surface area contributed by atoms with E-state index in [0.29, 0.717) is 19.4 Å². The summed E-state index contributed by atoms with van der Waals surface area (Å²) in [6.07, 6.45) is 1.10. The molecule has 0 aromatic heterocycles. The van der Waals surface area contributed by atoms with Crippen molar-refractivity contribution in [2.24, 2.45) is 4.99 Å². The van der Waals surface area contributed by atoms with Gasteiger partial charge in [0.2, 0.25) is 6.79 Å². The van der Waals surface area contributed by atoms with Crippen LogP contribution in [0.15, 0.2) is 47.5 Å². The van der Waals surface area contributed by atoms with Crippen LogP contribution < -0.4 is 25.0 Å². The summed E-state index contributed by atoms with van der Waals surface area (Å²) in [5, 5.41) is 6.93. The van der Waals surface area contributed by atoms with E-state index in [1.165, 1.54) is 11.3 Å². The zero-order chi connectivity index (χ0) is 18.6. The zero-order valence-corrected chi connectivity index (χ0v) is 15.9. The summed E-state index contributed by atoms with van der Waals surface area (Å²) in [5.41, 5.74) is 3.71. The maximum absolute atomic E-state index is 5.44. The molecule has 1 fully saturated rings. The predicted molar refractivity (Wildman–Crippen MR) is 108 cm³/mol. The Morgan fingerprint density at radius 3 is 2.78 bits per heavy atom. The van der Waals surface area contributed by atoms with E-state index in [-0.39, 0.29) is 0 Å². The number of nitrogens with one attached hydrogen (secondary N) is 2. The maximum Gasteiger partial charge on any atom is 0.231 e. The van der Waals surface area contributed by atoms with E-state index < -0.39 is 0 Å². The first-order valence-corrected chi connectivity index (χ1v) is 9.38. The van der Waals surface area contributed by atoms with Crippen LogP contribution in [0.4, 0.5) is 5.69 Å². The minimum absolute atomic E-state index is 0.300. The summed E-state index contributed by atoms with van der Waals surface area (Å²) in [6, 6.07) is 15.1. The van der Waals surface area contributed by atoms with Crippen LogP contribution in [0.3, 0.4) is 0 Å². The van der Waals surface area contributed by atoms with Gasteiger partial charge < -0.3 is 25.0 Å². The number of hydrogen-bond donors (Lipinski definition) is 2. The number of benzene rings is 2. The van der Waals surface area contributed by atoms with Crippen molar-refractivity contribution in [3.63, 3.8) is 0 Å². The van der Waals surface area contributed by atoms with E-state index in [9.17, 15) is 0 Å². The van der Waals surface area contributed by atoms with Crippen molar-refractivity contribution < 1.29 is 9.47 Å². The van der Waals surface area contributed by atoms with Gasteiger partial charge >= 0.3 is 0 Å². The molecule has 1 saturated heterocycles. The third-order valence-corrected chi connectivity index (χ3v) is 5.05. The zero-order valence-electron chi connectivity index (χ0n) is 15.9. The number of fused-ring (bicyclic) bond motifs is 1. The van der Waals surface area contributed by atoms with Gasteiger partial charge in [0.15, 0.2) is 17.5 Å². The van der Waals surface area contributed by atoms with Gasteiger partial charge in [-0.25, -0.2) is 0 Å². The minimum atomic E-state index is 0.300. The first-order valence-electron chi connectivity index (χ1n) is 9.38. The Morgan fingerprint density at radius 1 is 1.15 bits per heavy atom. The summed E-state index contributed by atoms with van der Waals surface area (Å²) in [4.78, 5) is 6.79. The largest absolute Gasteiger partial charge is 0.454 e. The Bertz CT molecular complexity index is 819. The molecule has 0 spiro atoms. The van der Waals surface area contributed by atoms with E-state index in [2.05, 4.69) is 51.7 Å². The lowest BCUT2D eigenvalue weighted by Crippen LogP contribution is -2.44. The van der Waals surface area contributed by atoms with E-state index in [4.69, 9.17) is 9.47 Å². The van der Waals surface area contributed by atoms with Gasteiger partial charge in [0.25, 0.3) is 0 Å². The molecule has 2 aromatic rings. The van der Waals surface area contributed by atoms with Gasteiger partial charge in [-0.05, 0) is 43.2 Å². The molecule has 6 heteroatoms. The van der Waals surface area contributed by atoms with Crippen molar-refractivity contribution in [3.05, 3.63) is 53.6 Å². The average molecular weight is 366 g/mol. The summed E-state index contributed by atoms with van der Waals surface area (Å²) in [6.45, 7) is 5.14. The van der Waals surface area contributed by atoms with Crippen LogP contribution in [-0.4, -0.2) is 38.9 Å². The van der Waals surface area contributed by atoms with Gasteiger partial charge in [0, 0.05) is 38.4 Å². The molecular weight excluding hydrogens is 340 g/mol. The Balaban J connectivity index is 1.30. The highest BCUT2D eigenvalue weighted by Gasteiger charge is 2.23. The molecule has 0 aliphatic carbocycles. The van der Waals surface area contributed by atoms with E-state index in [0.717, 1.165) is 42.5 Å². The lowest BCUT2D eigenvalue weighted by molar-refractivity contribution is 0.174. The first kappa shape index (κ1) is 17.5. The van der Waals surface area contributed by atoms with Crippen molar-refractivity contribution in [3.8, 4) is 11.5 Å². The second kappa shape index (κ2) is 7.78. The molecule has 0 saturated carbocycles. The predicted octanol–water partition coefficient (Wildman–Crippen LogP) is 2.67. The monoisotopic (exact) mass is 366 g/mol. The number of nitrogens with zero attached hydrogens (tertiary/aromatic N) is 2. The fourth-order valence-electron chi connectivity index (χ4n) is 3.49. The SMILES string of the molecule is CN=C(NCc1ccc2c(c1)OCO2)NC1CCN(c2ccc(C)cc2)C1. The van der Waals surface area contributed by atoms with E-state index >= 15 is 0 Å². The Labute approximate surface area is 160 Å². The van der Waals surface area contributed by atoms with Crippen LogP contribution in [0.1, 0.15) is 17.5 Å². The molecule has 0 radical (unpaired) electrons. The van der Waals surface area contributed by atoms with Crippen molar-refractivity contribution in [2.45, 2.75) is 25.9 Å². The smallest absolute Gasteiger partial charge is 0.231 e. The molecule has 1 atom stereocenters. The second-order valence-electron chi connectivity index (χ2n) is 7.02. The van der Waals surface area contributed by atoms with Gasteiger partial charge in [-0.15, -0.1) is 0 Å². The Hall–Kier alpha value is -2.89. The van der Waals surface area contributed by atoms with Crippen LogP contribution in [-0.2, 0) is 6.54 Å². The first-order chi connectivity index (χ1) is 13.2. The van der Waals surface area contributed by atoms with Crippen LogP contribution >= 0.6 is 0 Å². The molecule has 27 heavy (non-hydrogen) atoms. The molecule has 2 aliphatic rings. The highest BCUT2D eigenvalue weighted by molar-refractivity contribution is 5.80. The van der Waals surface area contributed by atoms with Crippen LogP contribution in [0, 0.1) is 6.92 Å². The quantitative estimate of drug-likeness (QED) is 0.644. The lowest BCUT2D eigenvalue weighted by Gasteiger charge is -2.20. The van der Waals surface area contributed by atoms with Gasteiger partial charge in [-0.1, -0.05) is 23.8 Å². The normalized spacial score (nSPS) is 18.7. The molecule has 2 aliphatic heterocycles. The Kier molecular flexibility index (Phi) is 5.05. The topological polar surface area (TPSA) is 58.1 Å². The molecule has 2 aromatic carbocycles. The average Bonchev–Trinajstić information content (AvgIpc) is 3.34. The molecule has 142 valence electrons. The van der Waals surface area contributed by atoms with Crippen molar-refractivity contribution in [2.75, 3.05) is 31.8 Å². The Morgan fingerprint density at radius 2 is 1.96 bits per heavy atom. The number of hydrogen-bond acceptors (Lipinski definition) is 4. The molecule has 0 amide bonds. The number of rotatable bonds is 4. The molecule has 4 rings (SSSR count). The number of anilines is 1. The van der Waals surface area contributed by atoms with Crippen molar-refractivity contribution >= 4 is 11.6 Å². The number of aliphatic imine (C=N–C) groups is 1. The van der Waals surface area contributed by atoms with Gasteiger partial charge in [-0.2, -0.15) is 0 Å². The number of ether oxygens (including phenoxy) is 2. The van der Waals surface area contributed by atoms with Crippen LogP contribution in [0.25, 0.3) is 0 Å². The summed E-state index contributed by atoms with van der Waals surface area (Å²) >= 11 is 0. The molecule has 6 nitrogen and oxygen atoms in total. The van der Waals surface area contributed by atoms with E-state index in [1.54, 1.807) is 0 Å². The fraction of sp³-hybridized carbons (Fsp3) is 0.381. The second-order valence-corrected chi connectivity index (χ2v) is 7.02. The van der Waals surface area contributed by atoms with Gasteiger partial charge in [0.05, 0.1) is 0 Å². The third-order valence-electron chi connectivity index (χ3n) is 5.05. The van der Waals surface area contributed by atoms with Crippen molar-refractivity contribution in [1.82, 2.24) is 10.6 Å². The fourth-order valence-corrected chi connectivity index (χ4v) is 3.49. The number of guanidine groups is 1. The van der Waals surface area contributed by atoms with Gasteiger partial charge in [-0.3, -0.25) is 4.99 Å². The molecular formula is C21H26N4O2. The lowest BCUT2D eigenvalue weighted by atomic mass is 10.2. The number of aryl methyl sites for hydroxylation is 1. The molecule has 0 bridgehead atoms. The van der Waals surface area contributed by atoms with Crippen molar-refractivity contribution in [1.29, 1.82) is 0 Å². The maximum atomic E-state index is 5.44. The summed E-state index contributed by atoms with van der Waals surface area (Å²) < 4.78 is 10.8. The van der Waals surface area contributed by atoms with Crippen LogP contribution in [0.5, 0.6) is 11.5 Å². The van der Waals surface area contributed by atoms with E-state index in [1.807, 2.05) is 25.2 Å². The minimum Gasteiger partial charge on any atom is -0.454 e. The third kappa shape index (κ3) is 4.10.